The standard InChI is InChI=1S/C21H33N3O5.C2HF3O2/c1-20(2,3)13-16(24-19(27)29-21(4,5)6)17(25)23-15(18(26)28-7)12-14-8-10-22-11-9-14;3-2(4,5)1(6)7/h8-11,15-16H,12-13H2,1-7H3,(H,23,25)(H,24,27);(H,6,7)/t15-,16+;/m0./s1. The largest absolute Gasteiger partial charge is 0.490 e. The Morgan fingerprint density at radius 3 is 1.86 bits per heavy atom. The molecule has 36 heavy (non-hydrogen) atoms. The van der Waals surface area contributed by atoms with Crippen LogP contribution in [0, 0.1) is 5.41 Å². The van der Waals surface area contributed by atoms with Gasteiger partial charge in [0.25, 0.3) is 0 Å². The van der Waals surface area contributed by atoms with Crippen LogP contribution >= 0.6 is 0 Å². The topological polar surface area (TPSA) is 144 Å². The van der Waals surface area contributed by atoms with E-state index in [9.17, 15) is 27.6 Å². The number of alkyl carbamates (subject to hydrolysis) is 1. The van der Waals surface area contributed by atoms with Crippen LogP contribution in [0.25, 0.3) is 0 Å². The normalized spacial score (nSPS) is 13.3. The monoisotopic (exact) mass is 521 g/mol. The number of aromatic nitrogens is 1. The smallest absolute Gasteiger partial charge is 0.475 e. The van der Waals surface area contributed by atoms with E-state index in [-0.39, 0.29) is 11.8 Å². The predicted molar refractivity (Wildman–Crippen MR) is 123 cm³/mol. The molecule has 0 unspecified atom stereocenters. The van der Waals surface area contributed by atoms with Crippen LogP contribution in [0.1, 0.15) is 53.5 Å². The summed E-state index contributed by atoms with van der Waals surface area (Å²) in [5, 5.41) is 12.4. The van der Waals surface area contributed by atoms with E-state index in [2.05, 4.69) is 15.6 Å². The summed E-state index contributed by atoms with van der Waals surface area (Å²) in [7, 11) is 1.26. The second kappa shape index (κ2) is 13.6. The first-order chi connectivity index (χ1) is 16.2. The van der Waals surface area contributed by atoms with Crippen molar-refractivity contribution >= 4 is 23.9 Å². The number of hydrogen-bond donors (Lipinski definition) is 3. The van der Waals surface area contributed by atoms with Crippen molar-refractivity contribution < 1.29 is 46.9 Å². The number of carboxylic acids is 1. The van der Waals surface area contributed by atoms with Crippen LogP contribution in [0.5, 0.6) is 0 Å². The van der Waals surface area contributed by atoms with Gasteiger partial charge in [0, 0.05) is 18.8 Å². The van der Waals surface area contributed by atoms with Gasteiger partial charge in [0.2, 0.25) is 5.91 Å². The molecule has 2 amide bonds. The maximum absolute atomic E-state index is 12.9. The number of carboxylic acid groups (broad SMARTS) is 1. The number of carbonyl (C=O) groups excluding carboxylic acids is 3. The van der Waals surface area contributed by atoms with E-state index in [1.165, 1.54) is 7.11 Å². The molecule has 1 rings (SSSR count). The fraction of sp³-hybridized carbons (Fsp3) is 0.609. The Hall–Kier alpha value is -3.38. The number of nitrogens with zero attached hydrogens (tertiary/aromatic N) is 1. The molecule has 0 spiro atoms. The molecule has 13 heteroatoms. The molecule has 1 heterocycles. The second-order valence-corrected chi connectivity index (χ2v) is 9.91. The van der Waals surface area contributed by atoms with Crippen molar-refractivity contribution in [1.82, 2.24) is 15.6 Å². The van der Waals surface area contributed by atoms with Crippen molar-refractivity contribution in [1.29, 1.82) is 0 Å². The lowest BCUT2D eigenvalue weighted by Crippen LogP contribution is -2.54. The first kappa shape index (κ1) is 32.6. The average Bonchev–Trinajstić information content (AvgIpc) is 2.70. The van der Waals surface area contributed by atoms with E-state index < -0.39 is 47.8 Å². The molecule has 0 aromatic carbocycles. The average molecular weight is 522 g/mol. The zero-order valence-corrected chi connectivity index (χ0v) is 21.4. The molecule has 0 aliphatic heterocycles. The molecule has 0 aliphatic rings. The number of amides is 2. The minimum atomic E-state index is -5.08. The van der Waals surface area contributed by atoms with Gasteiger partial charge in [0.1, 0.15) is 17.7 Å². The summed E-state index contributed by atoms with van der Waals surface area (Å²) < 4.78 is 41.8. The Balaban J connectivity index is 0.00000152. The third kappa shape index (κ3) is 14.8. The van der Waals surface area contributed by atoms with Gasteiger partial charge in [-0.3, -0.25) is 9.78 Å². The van der Waals surface area contributed by atoms with E-state index >= 15 is 0 Å². The quantitative estimate of drug-likeness (QED) is 0.464. The molecule has 0 saturated carbocycles. The van der Waals surface area contributed by atoms with Crippen molar-refractivity contribution in [2.45, 2.75) is 78.2 Å². The number of carbonyl (C=O) groups is 4. The summed E-state index contributed by atoms with van der Waals surface area (Å²) in [6, 6.07) is 1.76. The zero-order valence-electron chi connectivity index (χ0n) is 21.4. The minimum Gasteiger partial charge on any atom is -0.475 e. The van der Waals surface area contributed by atoms with Crippen LogP contribution in [0.4, 0.5) is 18.0 Å². The maximum Gasteiger partial charge on any atom is 0.490 e. The zero-order chi connectivity index (χ0) is 28.3. The molecule has 0 bridgehead atoms. The van der Waals surface area contributed by atoms with Crippen molar-refractivity contribution in [2.24, 2.45) is 5.41 Å². The number of hydrogen-bond acceptors (Lipinski definition) is 7. The number of esters is 1. The fourth-order valence-corrected chi connectivity index (χ4v) is 2.63. The van der Waals surface area contributed by atoms with Gasteiger partial charge in [-0.05, 0) is 50.3 Å². The summed E-state index contributed by atoms with van der Waals surface area (Å²) in [5.41, 5.74) is -0.116. The highest BCUT2D eigenvalue weighted by Gasteiger charge is 2.38. The van der Waals surface area contributed by atoms with Gasteiger partial charge in [-0.2, -0.15) is 13.2 Å². The molecule has 1 aromatic rings. The molecular weight excluding hydrogens is 487 g/mol. The van der Waals surface area contributed by atoms with Gasteiger partial charge in [-0.25, -0.2) is 14.4 Å². The van der Waals surface area contributed by atoms with Crippen molar-refractivity contribution in [3.8, 4) is 0 Å². The lowest BCUT2D eigenvalue weighted by molar-refractivity contribution is -0.192. The SMILES string of the molecule is COC(=O)[C@H](Cc1ccncc1)NC(=O)[C@@H](CC(C)(C)C)NC(=O)OC(C)(C)C.O=C(O)C(F)(F)F. The highest BCUT2D eigenvalue weighted by molar-refractivity contribution is 5.89. The van der Waals surface area contributed by atoms with E-state index in [4.69, 9.17) is 19.4 Å². The van der Waals surface area contributed by atoms with Crippen molar-refractivity contribution in [3.63, 3.8) is 0 Å². The van der Waals surface area contributed by atoms with Crippen LogP contribution in [-0.4, -0.2) is 65.0 Å². The van der Waals surface area contributed by atoms with Gasteiger partial charge in [-0.1, -0.05) is 20.8 Å². The number of methoxy groups -OCH3 is 1. The Morgan fingerprint density at radius 2 is 1.47 bits per heavy atom. The molecule has 3 N–H and O–H groups in total. The Labute approximate surface area is 207 Å². The molecular formula is C23H34F3N3O7. The van der Waals surface area contributed by atoms with Gasteiger partial charge in [0.15, 0.2) is 0 Å². The van der Waals surface area contributed by atoms with Crippen LogP contribution in [0.15, 0.2) is 24.5 Å². The lowest BCUT2D eigenvalue weighted by atomic mass is 9.87. The second-order valence-electron chi connectivity index (χ2n) is 9.91. The Morgan fingerprint density at radius 1 is 0.972 bits per heavy atom. The molecule has 0 aliphatic carbocycles. The number of halogens is 3. The molecule has 204 valence electrons. The molecule has 0 fully saturated rings. The lowest BCUT2D eigenvalue weighted by Gasteiger charge is -2.28. The van der Waals surface area contributed by atoms with Gasteiger partial charge >= 0.3 is 24.2 Å². The van der Waals surface area contributed by atoms with E-state index in [0.717, 1.165) is 5.56 Å². The number of rotatable bonds is 7. The summed E-state index contributed by atoms with van der Waals surface area (Å²) in [6.45, 7) is 11.1. The summed E-state index contributed by atoms with van der Waals surface area (Å²) >= 11 is 0. The van der Waals surface area contributed by atoms with Crippen LogP contribution in [0.3, 0.4) is 0 Å². The maximum atomic E-state index is 12.9. The van der Waals surface area contributed by atoms with E-state index in [1.54, 1.807) is 45.3 Å². The summed E-state index contributed by atoms with van der Waals surface area (Å²) in [5.74, 6) is -3.80. The number of pyridine rings is 1. The van der Waals surface area contributed by atoms with E-state index in [0.29, 0.717) is 6.42 Å². The van der Waals surface area contributed by atoms with Crippen molar-refractivity contribution in [2.75, 3.05) is 7.11 Å². The fourth-order valence-electron chi connectivity index (χ4n) is 2.63. The van der Waals surface area contributed by atoms with Gasteiger partial charge in [0.05, 0.1) is 7.11 Å². The third-order valence-electron chi connectivity index (χ3n) is 4.06. The molecule has 10 nitrogen and oxygen atoms in total. The number of nitrogens with one attached hydrogen (secondary N) is 2. The molecule has 1 aromatic heterocycles. The highest BCUT2D eigenvalue weighted by atomic mass is 19.4. The van der Waals surface area contributed by atoms with Gasteiger partial charge < -0.3 is 25.2 Å². The summed E-state index contributed by atoms with van der Waals surface area (Å²) in [6.07, 6.45) is -1.95. The molecule has 0 saturated heterocycles. The first-order valence-electron chi connectivity index (χ1n) is 10.8. The molecule has 2 atom stereocenters. The van der Waals surface area contributed by atoms with Crippen LogP contribution in [-0.2, 0) is 30.3 Å². The Bertz CT molecular complexity index is 880. The predicted octanol–water partition coefficient (Wildman–Crippen LogP) is 3.24. The molecule has 0 radical (unpaired) electrons. The summed E-state index contributed by atoms with van der Waals surface area (Å²) in [4.78, 5) is 50.2. The van der Waals surface area contributed by atoms with Crippen LogP contribution < -0.4 is 10.6 Å². The number of aliphatic carboxylic acids is 1. The van der Waals surface area contributed by atoms with Crippen LogP contribution in [0.2, 0.25) is 0 Å². The van der Waals surface area contributed by atoms with Gasteiger partial charge in [-0.15, -0.1) is 0 Å². The number of ether oxygens (including phenoxy) is 2. The number of alkyl halides is 3. The van der Waals surface area contributed by atoms with E-state index in [1.807, 2.05) is 20.8 Å². The first-order valence-corrected chi connectivity index (χ1v) is 10.8. The Kier molecular flexibility index (Phi) is 12.4. The van der Waals surface area contributed by atoms with Crippen molar-refractivity contribution in [3.05, 3.63) is 30.1 Å². The third-order valence-corrected chi connectivity index (χ3v) is 4.06. The highest BCUT2D eigenvalue weighted by Crippen LogP contribution is 2.21. The minimum absolute atomic E-state index is 0.246.